The minimum absolute atomic E-state index is 0. The molecule has 0 amide bonds. The number of rotatable bonds is 3. The molecule has 3 heteroatoms. The van der Waals surface area contributed by atoms with Gasteiger partial charge in [-0.1, -0.05) is 13.8 Å². The molecule has 1 saturated heterocycles. The molecule has 1 aliphatic rings. The molecule has 0 aromatic rings. The third kappa shape index (κ3) is 2.92. The highest BCUT2D eigenvalue weighted by atomic mass is 35.5. The molecule has 0 aliphatic carbocycles. The maximum absolute atomic E-state index is 3.63. The molecule has 0 spiro atoms. The van der Waals surface area contributed by atoms with Gasteiger partial charge in [-0.05, 0) is 19.8 Å². The minimum atomic E-state index is 0. The van der Waals surface area contributed by atoms with E-state index in [0.717, 1.165) is 13.1 Å². The molecule has 12 heavy (non-hydrogen) atoms. The molecule has 1 aliphatic heterocycles. The predicted molar refractivity (Wildman–Crippen MR) is 56.0 cm³/mol. The van der Waals surface area contributed by atoms with E-state index in [1.165, 1.54) is 0 Å². The minimum Gasteiger partial charge on any atom is -0.314 e. The fourth-order valence-corrected chi connectivity index (χ4v) is 1.08. The number of hydrogen-bond donors (Lipinski definition) is 2. The van der Waals surface area contributed by atoms with E-state index in [-0.39, 0.29) is 17.9 Å². The van der Waals surface area contributed by atoms with Crippen LogP contribution in [0, 0.1) is 5.92 Å². The van der Waals surface area contributed by atoms with Crippen molar-refractivity contribution in [1.29, 1.82) is 0 Å². The fraction of sp³-hybridized carbons (Fsp3) is 1.00. The number of nitrogens with one attached hydrogen (secondary N) is 2. The molecule has 0 unspecified atom stereocenters. The second-order valence-corrected chi connectivity index (χ2v) is 4.38. The molecule has 0 atom stereocenters. The highest BCUT2D eigenvalue weighted by molar-refractivity contribution is 5.85. The average molecular weight is 193 g/mol. The topological polar surface area (TPSA) is 24.1 Å². The van der Waals surface area contributed by atoms with Crippen LogP contribution in [-0.2, 0) is 0 Å². The first-order chi connectivity index (χ1) is 5.02. The summed E-state index contributed by atoms with van der Waals surface area (Å²) in [6.07, 6.45) is 0. The van der Waals surface area contributed by atoms with Crippen LogP contribution in [0.3, 0.4) is 0 Å². The van der Waals surface area contributed by atoms with Crippen molar-refractivity contribution in [1.82, 2.24) is 10.6 Å². The molecule has 74 valence electrons. The molecule has 1 fully saturated rings. The monoisotopic (exact) mass is 192 g/mol. The normalized spacial score (nSPS) is 18.8. The predicted octanol–water partition coefficient (Wildman–Crippen LogP) is 1.40. The third-order valence-corrected chi connectivity index (χ3v) is 2.80. The van der Waals surface area contributed by atoms with Crippen LogP contribution in [0.25, 0.3) is 0 Å². The van der Waals surface area contributed by atoms with E-state index in [2.05, 4.69) is 38.3 Å². The first-order valence-electron chi connectivity index (χ1n) is 4.51. The SMILES string of the molecule is CC(C)C(C)(C)NC1CNC1.Cl. The Kier molecular flexibility index (Phi) is 4.53. The lowest BCUT2D eigenvalue weighted by Crippen LogP contribution is -2.62. The van der Waals surface area contributed by atoms with Crippen LogP contribution in [0.5, 0.6) is 0 Å². The van der Waals surface area contributed by atoms with Gasteiger partial charge in [0.1, 0.15) is 0 Å². The Morgan fingerprint density at radius 1 is 1.33 bits per heavy atom. The largest absolute Gasteiger partial charge is 0.314 e. The Balaban J connectivity index is 0.00000121. The Bertz CT molecular complexity index is 130. The molecule has 0 bridgehead atoms. The number of hydrogen-bond acceptors (Lipinski definition) is 2. The van der Waals surface area contributed by atoms with E-state index in [1.54, 1.807) is 0 Å². The van der Waals surface area contributed by atoms with Crippen LogP contribution in [0.15, 0.2) is 0 Å². The summed E-state index contributed by atoms with van der Waals surface area (Å²) < 4.78 is 0. The third-order valence-electron chi connectivity index (χ3n) is 2.80. The van der Waals surface area contributed by atoms with Crippen LogP contribution in [0.2, 0.25) is 0 Å². The summed E-state index contributed by atoms with van der Waals surface area (Å²) in [5, 5.41) is 6.89. The van der Waals surface area contributed by atoms with E-state index in [0.29, 0.717) is 12.0 Å². The Labute approximate surface area is 81.9 Å². The molecule has 0 saturated carbocycles. The zero-order valence-corrected chi connectivity index (χ0v) is 9.29. The Hall–Kier alpha value is 0.210. The summed E-state index contributed by atoms with van der Waals surface area (Å²) in [5.41, 5.74) is 0.284. The van der Waals surface area contributed by atoms with Gasteiger partial charge in [0.25, 0.3) is 0 Å². The van der Waals surface area contributed by atoms with Gasteiger partial charge in [0, 0.05) is 24.7 Å². The van der Waals surface area contributed by atoms with E-state index in [9.17, 15) is 0 Å². The summed E-state index contributed by atoms with van der Waals surface area (Å²) in [7, 11) is 0. The smallest absolute Gasteiger partial charge is 0.0322 e. The van der Waals surface area contributed by atoms with Crippen molar-refractivity contribution in [3.8, 4) is 0 Å². The van der Waals surface area contributed by atoms with Crippen molar-refractivity contribution < 1.29 is 0 Å². The quantitative estimate of drug-likeness (QED) is 0.707. The van der Waals surface area contributed by atoms with Gasteiger partial charge < -0.3 is 10.6 Å². The van der Waals surface area contributed by atoms with Crippen molar-refractivity contribution in [2.24, 2.45) is 5.92 Å². The van der Waals surface area contributed by atoms with Gasteiger partial charge in [-0.15, -0.1) is 12.4 Å². The zero-order chi connectivity index (χ0) is 8.48. The Morgan fingerprint density at radius 3 is 2.08 bits per heavy atom. The molecule has 2 nitrogen and oxygen atoms in total. The van der Waals surface area contributed by atoms with Crippen LogP contribution in [0.1, 0.15) is 27.7 Å². The molecular formula is C9H21ClN2. The maximum atomic E-state index is 3.63. The number of halogens is 1. The molecule has 1 heterocycles. The summed E-state index contributed by atoms with van der Waals surface area (Å²) in [5.74, 6) is 0.697. The van der Waals surface area contributed by atoms with E-state index < -0.39 is 0 Å². The summed E-state index contributed by atoms with van der Waals surface area (Å²) >= 11 is 0. The zero-order valence-electron chi connectivity index (χ0n) is 8.48. The molecule has 1 rings (SSSR count). The van der Waals surface area contributed by atoms with E-state index in [1.807, 2.05) is 0 Å². The van der Waals surface area contributed by atoms with Crippen LogP contribution >= 0.6 is 12.4 Å². The van der Waals surface area contributed by atoms with E-state index in [4.69, 9.17) is 0 Å². The molecular weight excluding hydrogens is 172 g/mol. The first kappa shape index (κ1) is 12.2. The highest BCUT2D eigenvalue weighted by Crippen LogP contribution is 2.16. The van der Waals surface area contributed by atoms with Crippen molar-refractivity contribution in [3.05, 3.63) is 0 Å². The van der Waals surface area contributed by atoms with Gasteiger partial charge in [0.15, 0.2) is 0 Å². The van der Waals surface area contributed by atoms with Gasteiger partial charge >= 0.3 is 0 Å². The van der Waals surface area contributed by atoms with Gasteiger partial charge in [-0.3, -0.25) is 0 Å². The van der Waals surface area contributed by atoms with Gasteiger partial charge in [0.2, 0.25) is 0 Å². The second-order valence-electron chi connectivity index (χ2n) is 4.38. The van der Waals surface area contributed by atoms with Crippen molar-refractivity contribution in [3.63, 3.8) is 0 Å². The molecule has 0 radical (unpaired) electrons. The lowest BCUT2D eigenvalue weighted by atomic mass is 9.89. The summed E-state index contributed by atoms with van der Waals surface area (Å²) in [6, 6.07) is 0.701. The van der Waals surface area contributed by atoms with Crippen LogP contribution < -0.4 is 10.6 Å². The molecule has 0 aromatic heterocycles. The second kappa shape index (κ2) is 4.45. The van der Waals surface area contributed by atoms with Crippen molar-refractivity contribution >= 4 is 12.4 Å². The Morgan fingerprint density at radius 2 is 1.83 bits per heavy atom. The van der Waals surface area contributed by atoms with Gasteiger partial charge in [-0.25, -0.2) is 0 Å². The van der Waals surface area contributed by atoms with E-state index >= 15 is 0 Å². The first-order valence-corrected chi connectivity index (χ1v) is 4.51. The summed E-state index contributed by atoms with van der Waals surface area (Å²) in [4.78, 5) is 0. The van der Waals surface area contributed by atoms with Gasteiger partial charge in [-0.2, -0.15) is 0 Å². The highest BCUT2D eigenvalue weighted by Gasteiger charge is 2.27. The van der Waals surface area contributed by atoms with Crippen molar-refractivity contribution in [2.45, 2.75) is 39.3 Å². The molecule has 0 aromatic carbocycles. The van der Waals surface area contributed by atoms with Crippen LogP contribution in [-0.4, -0.2) is 24.7 Å². The van der Waals surface area contributed by atoms with Crippen LogP contribution in [0.4, 0.5) is 0 Å². The lowest BCUT2D eigenvalue weighted by Gasteiger charge is -2.39. The molecule has 2 N–H and O–H groups in total. The standard InChI is InChI=1S/C9H20N2.ClH/c1-7(2)9(3,4)11-8-5-10-6-8;/h7-8,10-11H,5-6H2,1-4H3;1H. The lowest BCUT2D eigenvalue weighted by molar-refractivity contribution is 0.218. The van der Waals surface area contributed by atoms with Gasteiger partial charge in [0.05, 0.1) is 0 Å². The van der Waals surface area contributed by atoms with Crippen molar-refractivity contribution in [2.75, 3.05) is 13.1 Å². The average Bonchev–Trinajstić information content (AvgIpc) is 1.79. The summed E-state index contributed by atoms with van der Waals surface area (Å²) in [6.45, 7) is 11.3. The maximum Gasteiger partial charge on any atom is 0.0322 e. The fourth-order valence-electron chi connectivity index (χ4n) is 1.08.